The van der Waals surface area contributed by atoms with Crippen LogP contribution in [0.5, 0.6) is 0 Å². The second-order valence-electron chi connectivity index (χ2n) is 5.51. The fourth-order valence-electron chi connectivity index (χ4n) is 1.89. The minimum absolute atomic E-state index is 0. The zero-order valence-electron chi connectivity index (χ0n) is 13.8. The smallest absolute Gasteiger partial charge is 0.191 e. The Balaban J connectivity index is 0.00000441. The molecule has 126 valence electrons. The average Bonchev–Trinajstić information content (AvgIpc) is 2.45. The number of nitrogens with zero attached hydrogens (tertiary/aromatic N) is 1. The van der Waals surface area contributed by atoms with Crippen LogP contribution in [0.2, 0.25) is 5.02 Å². The third kappa shape index (κ3) is 7.65. The molecular weight excluding hydrogens is 413 g/mol. The molecule has 0 bridgehead atoms. The Labute approximate surface area is 156 Å². The molecule has 0 unspecified atom stereocenters. The first-order chi connectivity index (χ1) is 9.99. The van der Waals surface area contributed by atoms with Crippen LogP contribution in [-0.2, 0) is 10.2 Å². The van der Waals surface area contributed by atoms with Gasteiger partial charge in [-0.25, -0.2) is 0 Å². The molecule has 1 aromatic carbocycles. The van der Waals surface area contributed by atoms with Crippen molar-refractivity contribution in [2.75, 3.05) is 33.4 Å². The van der Waals surface area contributed by atoms with Gasteiger partial charge in [-0.2, -0.15) is 0 Å². The van der Waals surface area contributed by atoms with Crippen molar-refractivity contribution >= 4 is 41.5 Å². The van der Waals surface area contributed by atoms with E-state index in [4.69, 9.17) is 16.3 Å². The first kappa shape index (κ1) is 21.5. The summed E-state index contributed by atoms with van der Waals surface area (Å²) in [5.41, 5.74) is 1.11. The predicted molar refractivity (Wildman–Crippen MR) is 106 cm³/mol. The largest absolute Gasteiger partial charge is 0.383 e. The van der Waals surface area contributed by atoms with Gasteiger partial charge in [-0.3, -0.25) is 4.99 Å². The van der Waals surface area contributed by atoms with E-state index in [0.717, 1.165) is 24.1 Å². The molecule has 4 nitrogen and oxygen atoms in total. The molecule has 0 aliphatic heterocycles. The zero-order chi connectivity index (χ0) is 15.7. The summed E-state index contributed by atoms with van der Waals surface area (Å²) in [6.07, 6.45) is 0. The maximum atomic E-state index is 6.07. The van der Waals surface area contributed by atoms with Crippen LogP contribution in [0.4, 0.5) is 0 Å². The van der Waals surface area contributed by atoms with Gasteiger partial charge in [0.05, 0.1) is 13.2 Å². The van der Waals surface area contributed by atoms with Gasteiger partial charge in [0, 0.05) is 30.6 Å². The van der Waals surface area contributed by atoms with Crippen LogP contribution in [0.1, 0.15) is 26.3 Å². The van der Waals surface area contributed by atoms with E-state index in [1.807, 2.05) is 18.2 Å². The van der Waals surface area contributed by atoms with Crippen LogP contribution in [0.15, 0.2) is 29.3 Å². The Morgan fingerprint density at radius 1 is 1.32 bits per heavy atom. The molecule has 0 atom stereocenters. The maximum absolute atomic E-state index is 6.07. The standard InChI is InChI=1S/C16H26ClN3O.HI/c1-5-18-15(19-9-10-21-4)20-12-16(2,3)13-7-6-8-14(17)11-13;/h6-8,11H,5,9-10,12H2,1-4H3,(H2,18,19,20);1H. The molecule has 1 rings (SSSR count). The highest BCUT2D eigenvalue weighted by Gasteiger charge is 2.20. The topological polar surface area (TPSA) is 45.7 Å². The minimum Gasteiger partial charge on any atom is -0.383 e. The van der Waals surface area contributed by atoms with Crippen molar-refractivity contribution < 1.29 is 4.74 Å². The zero-order valence-corrected chi connectivity index (χ0v) is 16.9. The molecule has 0 fully saturated rings. The van der Waals surface area contributed by atoms with Crippen molar-refractivity contribution in [3.8, 4) is 0 Å². The predicted octanol–water partition coefficient (Wildman–Crippen LogP) is 3.44. The lowest BCUT2D eigenvalue weighted by atomic mass is 9.85. The molecule has 0 heterocycles. The lowest BCUT2D eigenvalue weighted by Crippen LogP contribution is -2.40. The summed E-state index contributed by atoms with van der Waals surface area (Å²) in [7, 11) is 1.69. The molecule has 2 N–H and O–H groups in total. The van der Waals surface area contributed by atoms with Gasteiger partial charge in [-0.05, 0) is 24.6 Å². The highest BCUT2D eigenvalue weighted by atomic mass is 127. The highest BCUT2D eigenvalue weighted by Crippen LogP contribution is 2.25. The quantitative estimate of drug-likeness (QED) is 0.296. The van der Waals surface area contributed by atoms with Gasteiger partial charge in [-0.15, -0.1) is 24.0 Å². The summed E-state index contributed by atoms with van der Waals surface area (Å²) < 4.78 is 5.04. The second-order valence-corrected chi connectivity index (χ2v) is 5.95. The third-order valence-corrected chi connectivity index (χ3v) is 3.42. The summed E-state index contributed by atoms with van der Waals surface area (Å²) in [6.45, 7) is 9.28. The van der Waals surface area contributed by atoms with Crippen LogP contribution in [0.25, 0.3) is 0 Å². The number of rotatable bonds is 7. The van der Waals surface area contributed by atoms with Gasteiger partial charge in [0.25, 0.3) is 0 Å². The molecule has 6 heteroatoms. The van der Waals surface area contributed by atoms with E-state index < -0.39 is 0 Å². The van der Waals surface area contributed by atoms with E-state index in [2.05, 4.69) is 42.5 Å². The normalized spacial score (nSPS) is 11.8. The number of hydrogen-bond donors (Lipinski definition) is 2. The Hall–Kier alpha value is -0.530. The van der Waals surface area contributed by atoms with Crippen LogP contribution in [-0.4, -0.2) is 39.3 Å². The number of benzene rings is 1. The molecule has 0 spiro atoms. The first-order valence-electron chi connectivity index (χ1n) is 7.26. The van der Waals surface area contributed by atoms with Crippen molar-refractivity contribution in [1.82, 2.24) is 10.6 Å². The molecule has 0 saturated heterocycles. The van der Waals surface area contributed by atoms with E-state index in [0.29, 0.717) is 13.2 Å². The van der Waals surface area contributed by atoms with Gasteiger partial charge < -0.3 is 15.4 Å². The van der Waals surface area contributed by atoms with Gasteiger partial charge in [0.1, 0.15) is 0 Å². The van der Waals surface area contributed by atoms with E-state index in [1.165, 1.54) is 5.56 Å². The van der Waals surface area contributed by atoms with Crippen LogP contribution in [0.3, 0.4) is 0 Å². The Kier molecular flexibility index (Phi) is 10.8. The molecule has 0 saturated carbocycles. The van der Waals surface area contributed by atoms with Crippen molar-refractivity contribution in [3.63, 3.8) is 0 Å². The van der Waals surface area contributed by atoms with Gasteiger partial charge in [-0.1, -0.05) is 37.6 Å². The van der Waals surface area contributed by atoms with Crippen molar-refractivity contribution in [3.05, 3.63) is 34.9 Å². The highest BCUT2D eigenvalue weighted by molar-refractivity contribution is 14.0. The lowest BCUT2D eigenvalue weighted by molar-refractivity contribution is 0.203. The molecule has 0 aliphatic rings. The molecule has 0 amide bonds. The number of halogens is 2. The fraction of sp³-hybridized carbons (Fsp3) is 0.562. The number of ether oxygens (including phenoxy) is 1. The molecule has 0 aromatic heterocycles. The Morgan fingerprint density at radius 3 is 2.64 bits per heavy atom. The molecular formula is C16H27ClIN3O. The Bertz CT molecular complexity index is 466. The van der Waals surface area contributed by atoms with E-state index in [-0.39, 0.29) is 29.4 Å². The summed E-state index contributed by atoms with van der Waals surface area (Å²) in [4.78, 5) is 4.66. The SMILES string of the molecule is CCNC(=NCC(C)(C)c1cccc(Cl)c1)NCCOC.I. The number of methoxy groups -OCH3 is 1. The van der Waals surface area contributed by atoms with Crippen LogP contribution in [0, 0.1) is 0 Å². The lowest BCUT2D eigenvalue weighted by Gasteiger charge is -2.24. The number of hydrogen-bond acceptors (Lipinski definition) is 2. The monoisotopic (exact) mass is 439 g/mol. The summed E-state index contributed by atoms with van der Waals surface area (Å²) in [5, 5.41) is 7.24. The summed E-state index contributed by atoms with van der Waals surface area (Å²) in [5.74, 6) is 0.810. The molecule has 22 heavy (non-hydrogen) atoms. The van der Waals surface area contributed by atoms with Crippen LogP contribution >= 0.6 is 35.6 Å². The third-order valence-electron chi connectivity index (χ3n) is 3.18. The van der Waals surface area contributed by atoms with E-state index in [1.54, 1.807) is 7.11 Å². The second kappa shape index (κ2) is 11.1. The minimum atomic E-state index is -0.0749. The van der Waals surface area contributed by atoms with Crippen molar-refractivity contribution in [2.45, 2.75) is 26.2 Å². The van der Waals surface area contributed by atoms with Gasteiger partial charge in [0.15, 0.2) is 5.96 Å². The maximum Gasteiger partial charge on any atom is 0.191 e. The van der Waals surface area contributed by atoms with Crippen molar-refractivity contribution in [2.24, 2.45) is 4.99 Å². The summed E-state index contributed by atoms with van der Waals surface area (Å²) >= 11 is 6.07. The number of aliphatic imine (C=N–C) groups is 1. The molecule has 0 aliphatic carbocycles. The van der Waals surface area contributed by atoms with E-state index in [9.17, 15) is 0 Å². The van der Waals surface area contributed by atoms with E-state index >= 15 is 0 Å². The Morgan fingerprint density at radius 2 is 2.05 bits per heavy atom. The van der Waals surface area contributed by atoms with Crippen molar-refractivity contribution in [1.29, 1.82) is 0 Å². The van der Waals surface area contributed by atoms with Crippen LogP contribution < -0.4 is 10.6 Å². The summed E-state index contributed by atoms with van der Waals surface area (Å²) in [6, 6.07) is 7.96. The molecule has 0 radical (unpaired) electrons. The number of guanidine groups is 1. The first-order valence-corrected chi connectivity index (χ1v) is 7.64. The fourth-order valence-corrected chi connectivity index (χ4v) is 2.08. The van der Waals surface area contributed by atoms with Gasteiger partial charge in [0.2, 0.25) is 0 Å². The number of nitrogens with one attached hydrogen (secondary N) is 2. The average molecular weight is 440 g/mol. The molecule has 1 aromatic rings. The van der Waals surface area contributed by atoms with Gasteiger partial charge >= 0.3 is 0 Å².